The Kier molecular flexibility index (Phi) is 4.29. The van der Waals surface area contributed by atoms with Crippen LogP contribution in [0.3, 0.4) is 0 Å². The third kappa shape index (κ3) is 3.14. The second-order valence-corrected chi connectivity index (χ2v) is 5.16. The van der Waals surface area contributed by atoms with Crippen LogP contribution in [0.1, 0.15) is 16.6 Å². The molecule has 1 N–H and O–H groups in total. The summed E-state index contributed by atoms with van der Waals surface area (Å²) < 4.78 is 5.34. The van der Waals surface area contributed by atoms with Crippen molar-refractivity contribution >= 4 is 11.8 Å². The molecule has 0 saturated carbocycles. The number of hydrogen-bond donors (Lipinski definition) is 1. The topological polar surface area (TPSA) is 25.2 Å². The monoisotopic (exact) mass is 247 g/mol. The van der Waals surface area contributed by atoms with Crippen LogP contribution in [0.2, 0.25) is 0 Å². The molecule has 90 valence electrons. The molecule has 1 heterocycles. The van der Waals surface area contributed by atoms with Crippen molar-refractivity contribution in [2.24, 2.45) is 0 Å². The van der Waals surface area contributed by atoms with E-state index in [9.17, 15) is 0 Å². The summed E-state index contributed by atoms with van der Waals surface area (Å²) in [6.07, 6.45) is 1.75. The lowest BCUT2D eigenvalue weighted by atomic mass is 10.1. The maximum atomic E-state index is 5.34. The van der Waals surface area contributed by atoms with Crippen LogP contribution in [0.25, 0.3) is 0 Å². The highest BCUT2D eigenvalue weighted by atomic mass is 32.2. The van der Waals surface area contributed by atoms with Gasteiger partial charge in [-0.05, 0) is 25.6 Å². The van der Waals surface area contributed by atoms with Gasteiger partial charge in [0.05, 0.1) is 6.26 Å². The maximum Gasteiger partial charge on any atom is 0.114 e. The van der Waals surface area contributed by atoms with Gasteiger partial charge in [-0.2, -0.15) is 0 Å². The SMILES string of the molecule is CNCC(Sc1ccoc1C)c1ccccc1. The largest absolute Gasteiger partial charge is 0.468 e. The van der Waals surface area contributed by atoms with Gasteiger partial charge < -0.3 is 9.73 Å². The number of likely N-dealkylation sites (N-methyl/N-ethyl adjacent to an activating group) is 1. The van der Waals surface area contributed by atoms with Crippen LogP contribution in [-0.4, -0.2) is 13.6 Å². The minimum absolute atomic E-state index is 0.414. The Labute approximate surface area is 106 Å². The van der Waals surface area contributed by atoms with Gasteiger partial charge in [-0.1, -0.05) is 30.3 Å². The van der Waals surface area contributed by atoms with Gasteiger partial charge in [-0.25, -0.2) is 0 Å². The molecule has 0 aliphatic rings. The molecule has 1 aromatic carbocycles. The quantitative estimate of drug-likeness (QED) is 0.817. The predicted octanol–water partition coefficient (Wildman–Crippen LogP) is 3.64. The lowest BCUT2D eigenvalue weighted by Crippen LogP contribution is -2.14. The molecule has 1 unspecified atom stereocenters. The minimum Gasteiger partial charge on any atom is -0.468 e. The lowest BCUT2D eigenvalue weighted by Gasteiger charge is -2.16. The Morgan fingerprint density at radius 2 is 2.00 bits per heavy atom. The molecule has 0 bridgehead atoms. The third-order valence-corrected chi connectivity index (χ3v) is 4.04. The highest BCUT2D eigenvalue weighted by Gasteiger charge is 2.14. The summed E-state index contributed by atoms with van der Waals surface area (Å²) in [7, 11) is 1.98. The second-order valence-electron chi connectivity index (χ2n) is 3.92. The molecule has 17 heavy (non-hydrogen) atoms. The fourth-order valence-electron chi connectivity index (χ4n) is 1.73. The number of benzene rings is 1. The molecule has 1 aromatic heterocycles. The van der Waals surface area contributed by atoms with Crippen LogP contribution in [0.4, 0.5) is 0 Å². The van der Waals surface area contributed by atoms with Crippen LogP contribution in [0.5, 0.6) is 0 Å². The molecule has 0 aliphatic carbocycles. The Balaban J connectivity index is 2.16. The average Bonchev–Trinajstić information content (AvgIpc) is 2.76. The fourth-order valence-corrected chi connectivity index (χ4v) is 2.93. The zero-order chi connectivity index (χ0) is 12.1. The summed E-state index contributed by atoms with van der Waals surface area (Å²) in [4.78, 5) is 1.22. The average molecular weight is 247 g/mol. The van der Waals surface area contributed by atoms with E-state index < -0.39 is 0 Å². The molecule has 3 heteroatoms. The molecular formula is C14H17NOS. The van der Waals surface area contributed by atoms with Gasteiger partial charge in [0.15, 0.2) is 0 Å². The molecule has 0 saturated heterocycles. The van der Waals surface area contributed by atoms with Crippen molar-refractivity contribution in [3.8, 4) is 0 Å². The number of nitrogens with one attached hydrogen (secondary N) is 1. The molecule has 0 aliphatic heterocycles. The van der Waals surface area contributed by atoms with Crippen molar-refractivity contribution in [2.75, 3.05) is 13.6 Å². The van der Waals surface area contributed by atoms with E-state index in [1.165, 1.54) is 10.5 Å². The normalized spacial score (nSPS) is 12.6. The first-order valence-electron chi connectivity index (χ1n) is 5.71. The Bertz CT molecular complexity index is 452. The molecule has 0 amide bonds. The number of rotatable bonds is 5. The van der Waals surface area contributed by atoms with Crippen LogP contribution < -0.4 is 5.32 Å². The Morgan fingerprint density at radius 1 is 1.24 bits per heavy atom. The van der Waals surface area contributed by atoms with E-state index in [2.05, 4.69) is 29.6 Å². The van der Waals surface area contributed by atoms with Crippen molar-refractivity contribution in [3.63, 3.8) is 0 Å². The number of furan rings is 1. The summed E-state index contributed by atoms with van der Waals surface area (Å²) in [5.41, 5.74) is 1.34. The number of aryl methyl sites for hydroxylation is 1. The predicted molar refractivity (Wildman–Crippen MR) is 72.4 cm³/mol. The first kappa shape index (κ1) is 12.3. The Morgan fingerprint density at radius 3 is 2.59 bits per heavy atom. The van der Waals surface area contributed by atoms with Crippen LogP contribution in [0, 0.1) is 6.92 Å². The Hall–Kier alpha value is -1.19. The zero-order valence-corrected chi connectivity index (χ0v) is 11.0. The van der Waals surface area contributed by atoms with Gasteiger partial charge in [0.1, 0.15) is 5.76 Å². The first-order valence-corrected chi connectivity index (χ1v) is 6.59. The smallest absolute Gasteiger partial charge is 0.114 e. The molecule has 2 aromatic rings. The van der Waals surface area contributed by atoms with Gasteiger partial charge >= 0.3 is 0 Å². The van der Waals surface area contributed by atoms with E-state index >= 15 is 0 Å². The summed E-state index contributed by atoms with van der Waals surface area (Å²) in [6.45, 7) is 2.95. The second kappa shape index (κ2) is 5.94. The number of hydrogen-bond acceptors (Lipinski definition) is 3. The van der Waals surface area contributed by atoms with Gasteiger partial charge in [-0.3, -0.25) is 0 Å². The van der Waals surface area contributed by atoms with Crippen molar-refractivity contribution in [3.05, 3.63) is 54.0 Å². The minimum atomic E-state index is 0.414. The highest BCUT2D eigenvalue weighted by Crippen LogP contribution is 2.36. The molecule has 1 atom stereocenters. The van der Waals surface area contributed by atoms with E-state index in [-0.39, 0.29) is 0 Å². The standard InChI is InChI=1S/C14H17NOS/c1-11-13(8-9-16-11)17-14(10-15-2)12-6-4-3-5-7-12/h3-9,14-15H,10H2,1-2H3. The van der Waals surface area contributed by atoms with E-state index in [0.29, 0.717) is 5.25 Å². The molecule has 2 rings (SSSR count). The summed E-state index contributed by atoms with van der Waals surface area (Å²) in [5.74, 6) is 0.993. The molecular weight excluding hydrogens is 230 g/mol. The maximum absolute atomic E-state index is 5.34. The van der Waals surface area contributed by atoms with Gasteiger partial charge in [0.25, 0.3) is 0 Å². The lowest BCUT2D eigenvalue weighted by molar-refractivity contribution is 0.526. The molecule has 0 spiro atoms. The summed E-state index contributed by atoms with van der Waals surface area (Å²) >= 11 is 1.84. The van der Waals surface area contributed by atoms with Crippen molar-refractivity contribution in [1.82, 2.24) is 5.32 Å². The molecule has 0 radical (unpaired) electrons. The van der Waals surface area contributed by atoms with E-state index in [1.807, 2.05) is 37.9 Å². The summed E-state index contributed by atoms with van der Waals surface area (Å²) in [5, 5.41) is 3.66. The molecule has 0 fully saturated rings. The van der Waals surface area contributed by atoms with Gasteiger partial charge in [-0.15, -0.1) is 11.8 Å². The third-order valence-electron chi connectivity index (χ3n) is 2.64. The highest BCUT2D eigenvalue weighted by molar-refractivity contribution is 7.99. The first-order chi connectivity index (χ1) is 8.31. The van der Waals surface area contributed by atoms with Crippen LogP contribution in [0.15, 0.2) is 52.0 Å². The van der Waals surface area contributed by atoms with E-state index in [1.54, 1.807) is 6.26 Å². The van der Waals surface area contributed by atoms with Crippen LogP contribution in [-0.2, 0) is 0 Å². The fraction of sp³-hybridized carbons (Fsp3) is 0.286. The van der Waals surface area contributed by atoms with Crippen molar-refractivity contribution < 1.29 is 4.42 Å². The summed E-state index contributed by atoms with van der Waals surface area (Å²) in [6, 6.07) is 12.6. The zero-order valence-electron chi connectivity index (χ0n) is 10.1. The van der Waals surface area contributed by atoms with E-state index in [4.69, 9.17) is 4.42 Å². The van der Waals surface area contributed by atoms with Crippen molar-refractivity contribution in [2.45, 2.75) is 17.1 Å². The van der Waals surface area contributed by atoms with E-state index in [0.717, 1.165) is 12.3 Å². The van der Waals surface area contributed by atoms with Gasteiger partial charge in [0.2, 0.25) is 0 Å². The molecule has 2 nitrogen and oxygen atoms in total. The number of thioether (sulfide) groups is 1. The van der Waals surface area contributed by atoms with Crippen LogP contribution >= 0.6 is 11.8 Å². The van der Waals surface area contributed by atoms with Gasteiger partial charge in [0, 0.05) is 16.7 Å². The van der Waals surface area contributed by atoms with Crippen molar-refractivity contribution in [1.29, 1.82) is 0 Å².